The van der Waals surface area contributed by atoms with E-state index < -0.39 is 29.2 Å². The van der Waals surface area contributed by atoms with E-state index >= 15 is 0 Å². The van der Waals surface area contributed by atoms with Crippen molar-refractivity contribution >= 4 is 28.9 Å². The van der Waals surface area contributed by atoms with Gasteiger partial charge in [-0.05, 0) is 43.4 Å². The average molecular weight is 490 g/mol. The third-order valence-corrected chi connectivity index (χ3v) is 4.91. The summed E-state index contributed by atoms with van der Waals surface area (Å²) in [5.41, 5.74) is -1.14. The predicted octanol–water partition coefficient (Wildman–Crippen LogP) is 5.01. The number of amides is 1. The Balaban J connectivity index is 1.99. The standard InChI is InChI=1S/C21H23ClF3N3O5/c1-3-27(4-2)9-10-32-19-8-6-15(12-17(19)28(30)31)26-20(29)13-33-18-7-5-14(11-16(18)22)21(23,24)25/h5-8,11-12H,3-4,9-10,13H2,1-2H3,(H,26,29). The third kappa shape index (κ3) is 7.79. The number of likely N-dealkylation sites (N-methyl/N-ethyl adjacent to an activating group) is 1. The van der Waals surface area contributed by atoms with Crippen molar-refractivity contribution in [2.24, 2.45) is 0 Å². The number of halogens is 4. The van der Waals surface area contributed by atoms with E-state index in [2.05, 4.69) is 10.2 Å². The van der Waals surface area contributed by atoms with Crippen molar-refractivity contribution in [2.75, 3.05) is 38.2 Å². The second-order valence-electron chi connectivity index (χ2n) is 6.79. The first kappa shape index (κ1) is 26.2. The van der Waals surface area contributed by atoms with Crippen molar-refractivity contribution < 1.29 is 32.4 Å². The first-order valence-corrected chi connectivity index (χ1v) is 10.4. The van der Waals surface area contributed by atoms with Crippen LogP contribution in [0.5, 0.6) is 11.5 Å². The number of benzene rings is 2. The summed E-state index contributed by atoms with van der Waals surface area (Å²) < 4.78 is 48.8. The number of alkyl halides is 3. The number of nitro groups is 1. The van der Waals surface area contributed by atoms with E-state index in [1.54, 1.807) is 0 Å². The molecule has 0 aromatic heterocycles. The predicted molar refractivity (Wildman–Crippen MR) is 117 cm³/mol. The number of ether oxygens (including phenoxy) is 2. The van der Waals surface area contributed by atoms with Gasteiger partial charge in [-0.15, -0.1) is 0 Å². The zero-order chi connectivity index (χ0) is 24.6. The second kappa shape index (κ2) is 11.7. The molecule has 0 aliphatic heterocycles. The summed E-state index contributed by atoms with van der Waals surface area (Å²) in [7, 11) is 0. The maximum absolute atomic E-state index is 12.7. The molecule has 1 N–H and O–H groups in total. The molecule has 0 spiro atoms. The molecule has 0 radical (unpaired) electrons. The van der Waals surface area contributed by atoms with Crippen LogP contribution >= 0.6 is 11.6 Å². The normalized spacial score (nSPS) is 11.4. The summed E-state index contributed by atoms with van der Waals surface area (Å²) in [6.07, 6.45) is -4.56. The Hall–Kier alpha value is -3.05. The van der Waals surface area contributed by atoms with E-state index in [1.165, 1.54) is 12.1 Å². The van der Waals surface area contributed by atoms with Crippen LogP contribution in [0, 0.1) is 10.1 Å². The summed E-state index contributed by atoms with van der Waals surface area (Å²) in [5.74, 6) is -0.726. The Morgan fingerprint density at radius 3 is 2.36 bits per heavy atom. The maximum Gasteiger partial charge on any atom is 0.416 e. The van der Waals surface area contributed by atoms with Crippen LogP contribution in [0.15, 0.2) is 36.4 Å². The molecule has 0 saturated carbocycles. The summed E-state index contributed by atoms with van der Waals surface area (Å²) in [6, 6.07) is 6.44. The molecule has 180 valence electrons. The highest BCUT2D eigenvalue weighted by Crippen LogP contribution is 2.35. The van der Waals surface area contributed by atoms with Crippen LogP contribution in [0.3, 0.4) is 0 Å². The lowest BCUT2D eigenvalue weighted by molar-refractivity contribution is -0.385. The van der Waals surface area contributed by atoms with Gasteiger partial charge in [0.15, 0.2) is 12.4 Å². The van der Waals surface area contributed by atoms with Gasteiger partial charge in [-0.1, -0.05) is 25.4 Å². The molecule has 33 heavy (non-hydrogen) atoms. The highest BCUT2D eigenvalue weighted by Gasteiger charge is 2.31. The largest absolute Gasteiger partial charge is 0.485 e. The van der Waals surface area contributed by atoms with Crippen molar-refractivity contribution in [3.63, 3.8) is 0 Å². The second-order valence-corrected chi connectivity index (χ2v) is 7.20. The fraction of sp³-hybridized carbons (Fsp3) is 0.381. The molecule has 0 heterocycles. The van der Waals surface area contributed by atoms with Crippen LogP contribution in [0.4, 0.5) is 24.5 Å². The van der Waals surface area contributed by atoms with Crippen molar-refractivity contribution in [2.45, 2.75) is 20.0 Å². The zero-order valence-electron chi connectivity index (χ0n) is 17.9. The number of hydrogen-bond donors (Lipinski definition) is 1. The van der Waals surface area contributed by atoms with Gasteiger partial charge < -0.3 is 19.7 Å². The number of carbonyl (C=O) groups excluding carboxylic acids is 1. The SMILES string of the molecule is CCN(CC)CCOc1ccc(NC(=O)COc2ccc(C(F)(F)F)cc2Cl)cc1[N+](=O)[O-]. The van der Waals surface area contributed by atoms with Gasteiger partial charge in [0.25, 0.3) is 5.91 Å². The number of hydrogen-bond acceptors (Lipinski definition) is 6. The van der Waals surface area contributed by atoms with E-state index in [0.29, 0.717) is 12.6 Å². The molecule has 2 aromatic carbocycles. The van der Waals surface area contributed by atoms with Gasteiger partial charge >= 0.3 is 11.9 Å². The lowest BCUT2D eigenvalue weighted by Gasteiger charge is -2.18. The fourth-order valence-electron chi connectivity index (χ4n) is 2.82. The van der Waals surface area contributed by atoms with Gasteiger partial charge in [0.1, 0.15) is 12.4 Å². The van der Waals surface area contributed by atoms with Crippen LogP contribution in [-0.2, 0) is 11.0 Å². The number of rotatable bonds is 11. The Morgan fingerprint density at radius 2 is 1.79 bits per heavy atom. The molecular formula is C21H23ClF3N3O5. The van der Waals surface area contributed by atoms with Gasteiger partial charge in [0.2, 0.25) is 0 Å². The third-order valence-electron chi connectivity index (χ3n) is 4.62. The van der Waals surface area contributed by atoms with E-state index in [9.17, 15) is 28.1 Å². The van der Waals surface area contributed by atoms with Gasteiger partial charge in [0, 0.05) is 18.3 Å². The minimum atomic E-state index is -4.56. The maximum atomic E-state index is 12.7. The molecule has 2 rings (SSSR count). The molecule has 1 amide bonds. The Morgan fingerprint density at radius 1 is 1.12 bits per heavy atom. The van der Waals surface area contributed by atoms with Crippen LogP contribution in [-0.4, -0.2) is 48.6 Å². The van der Waals surface area contributed by atoms with Crippen molar-refractivity contribution in [3.05, 3.63) is 57.1 Å². The zero-order valence-corrected chi connectivity index (χ0v) is 18.7. The summed E-state index contributed by atoms with van der Waals surface area (Å²) in [6.45, 7) is 5.94. The smallest absolute Gasteiger partial charge is 0.416 e. The molecule has 0 saturated heterocycles. The van der Waals surface area contributed by atoms with E-state index in [4.69, 9.17) is 21.1 Å². The minimum Gasteiger partial charge on any atom is -0.485 e. The molecule has 0 bridgehead atoms. The average Bonchev–Trinajstić information content (AvgIpc) is 2.75. The highest BCUT2D eigenvalue weighted by molar-refractivity contribution is 6.32. The van der Waals surface area contributed by atoms with Crippen molar-refractivity contribution in [1.82, 2.24) is 4.90 Å². The van der Waals surface area contributed by atoms with Gasteiger partial charge in [-0.2, -0.15) is 13.2 Å². The molecule has 0 aliphatic rings. The minimum absolute atomic E-state index is 0.0675. The first-order valence-electron chi connectivity index (χ1n) is 9.98. The molecule has 0 atom stereocenters. The number of anilines is 1. The summed E-state index contributed by atoms with van der Waals surface area (Å²) in [4.78, 5) is 25.0. The molecule has 8 nitrogen and oxygen atoms in total. The molecule has 12 heteroatoms. The Bertz CT molecular complexity index is 984. The van der Waals surface area contributed by atoms with Crippen molar-refractivity contribution in [1.29, 1.82) is 0 Å². The topological polar surface area (TPSA) is 93.9 Å². The number of nitrogens with one attached hydrogen (secondary N) is 1. The molecule has 0 aliphatic carbocycles. The van der Waals surface area contributed by atoms with Crippen molar-refractivity contribution in [3.8, 4) is 11.5 Å². The number of carbonyl (C=O) groups is 1. The summed E-state index contributed by atoms with van der Waals surface area (Å²) in [5, 5.41) is 13.5. The molecule has 0 fully saturated rings. The quantitative estimate of drug-likeness (QED) is 0.352. The summed E-state index contributed by atoms with van der Waals surface area (Å²) >= 11 is 5.78. The lowest BCUT2D eigenvalue weighted by Crippen LogP contribution is -2.28. The lowest BCUT2D eigenvalue weighted by atomic mass is 10.2. The van der Waals surface area contributed by atoms with E-state index in [1.807, 2.05) is 13.8 Å². The van der Waals surface area contributed by atoms with E-state index in [0.717, 1.165) is 31.3 Å². The van der Waals surface area contributed by atoms with Crippen LogP contribution < -0.4 is 14.8 Å². The fourth-order valence-corrected chi connectivity index (χ4v) is 3.05. The monoisotopic (exact) mass is 489 g/mol. The highest BCUT2D eigenvalue weighted by atomic mass is 35.5. The van der Waals surface area contributed by atoms with Crippen LogP contribution in [0.25, 0.3) is 0 Å². The van der Waals surface area contributed by atoms with E-state index in [-0.39, 0.29) is 34.5 Å². The molecule has 0 unspecified atom stereocenters. The number of nitrogens with zero attached hydrogens (tertiary/aromatic N) is 2. The molecular weight excluding hydrogens is 467 g/mol. The Kier molecular flexibility index (Phi) is 9.30. The van der Waals surface area contributed by atoms with Gasteiger partial charge in [-0.3, -0.25) is 14.9 Å². The Labute approximate surface area is 193 Å². The van der Waals surface area contributed by atoms with Crippen LogP contribution in [0.1, 0.15) is 19.4 Å². The van der Waals surface area contributed by atoms with Gasteiger partial charge in [0.05, 0.1) is 15.5 Å². The molecule has 2 aromatic rings. The number of nitro benzene ring substituents is 1. The van der Waals surface area contributed by atoms with Gasteiger partial charge in [-0.25, -0.2) is 0 Å². The van der Waals surface area contributed by atoms with Crippen LogP contribution in [0.2, 0.25) is 5.02 Å². The first-order chi connectivity index (χ1) is 15.5.